The first-order valence-electron chi connectivity index (χ1n) is 14.3. The van der Waals surface area contributed by atoms with Crippen molar-refractivity contribution < 1.29 is 18.7 Å². The van der Waals surface area contributed by atoms with Gasteiger partial charge in [-0.25, -0.2) is 0 Å². The number of aliphatic hydroxyl groups excluding tert-OH is 1. The highest BCUT2D eigenvalue weighted by molar-refractivity contribution is 6.78. The molecule has 1 N–H and O–H groups in total. The molecule has 1 unspecified atom stereocenters. The molecule has 6 heteroatoms. The molecule has 0 amide bonds. The van der Waals surface area contributed by atoms with Crippen LogP contribution in [0, 0.1) is 0 Å². The largest absolute Gasteiger partial charge is 0.413 e. The van der Waals surface area contributed by atoms with Crippen molar-refractivity contribution in [2.75, 3.05) is 6.61 Å². The molecule has 35 heavy (non-hydrogen) atoms. The highest BCUT2D eigenvalue weighted by Crippen LogP contribution is 2.50. The molecule has 208 valence electrons. The van der Waals surface area contributed by atoms with Gasteiger partial charge in [0.25, 0.3) is 0 Å². The van der Waals surface area contributed by atoms with Gasteiger partial charge in [-0.2, -0.15) is 0 Å². The number of aliphatic hydroxyl groups is 1. The van der Waals surface area contributed by atoms with Gasteiger partial charge in [-0.1, -0.05) is 96.1 Å². The fraction of sp³-hybridized carbons (Fsp3) is 0.931. The number of rotatable bonds is 15. The maximum Gasteiger partial charge on any atom is 0.201 e. The number of allylic oxidation sites excluding steroid dienone is 1. The highest BCUT2D eigenvalue weighted by Gasteiger charge is 2.63. The Morgan fingerprint density at radius 3 is 1.57 bits per heavy atom. The fourth-order valence-corrected chi connectivity index (χ4v) is 18.4. The Morgan fingerprint density at radius 2 is 1.23 bits per heavy atom. The fourth-order valence-electron chi connectivity index (χ4n) is 7.37. The summed E-state index contributed by atoms with van der Waals surface area (Å²) in [5.74, 6) is 0. The Balaban J connectivity index is 3.46. The third-order valence-corrected chi connectivity index (χ3v) is 21.2. The zero-order valence-electron chi connectivity index (χ0n) is 25.9. The maximum atomic E-state index is 11.2. The lowest BCUT2D eigenvalue weighted by molar-refractivity contribution is 0.0771. The van der Waals surface area contributed by atoms with Crippen LogP contribution in [-0.4, -0.2) is 52.3 Å². The standard InChI is InChI=1S/C29H60O4Si2/c1-16-17-25(14)27(30)29(15)28(32-29)26(33-35(22(8)9,23(10)11)24(12)13)18-31-34(19(2)3,20(4)5)21(6)7/h17,19-24,26-28,30H,16,18H2,1-15H3/b25-17+/t26-,27?,28+,29+/m1/s1. The van der Waals surface area contributed by atoms with E-state index in [1.165, 1.54) is 0 Å². The molecule has 1 aliphatic heterocycles. The molecular weight excluding hydrogens is 468 g/mol. The summed E-state index contributed by atoms with van der Waals surface area (Å²) < 4.78 is 20.8. The molecule has 4 atom stereocenters. The SMILES string of the molecule is CC/C=C(\C)C(O)[C@]1(C)O[C@H]1[C@@H](CO[Si](C(C)C)(C(C)C)C(C)C)O[Si](C(C)C)(C(C)C)C(C)C. The molecule has 1 saturated heterocycles. The summed E-state index contributed by atoms with van der Waals surface area (Å²) in [5.41, 5.74) is 3.31. The van der Waals surface area contributed by atoms with Gasteiger partial charge in [0.15, 0.2) is 8.32 Å². The van der Waals surface area contributed by atoms with E-state index >= 15 is 0 Å². The number of hydrogen-bond donors (Lipinski definition) is 1. The third-order valence-electron chi connectivity index (χ3n) is 8.99. The smallest absolute Gasteiger partial charge is 0.201 e. The van der Waals surface area contributed by atoms with Crippen LogP contribution in [-0.2, 0) is 13.6 Å². The Morgan fingerprint density at radius 1 is 0.829 bits per heavy atom. The van der Waals surface area contributed by atoms with Gasteiger partial charge < -0.3 is 18.7 Å². The average molecular weight is 529 g/mol. The molecule has 0 aromatic rings. The molecule has 1 fully saturated rings. The van der Waals surface area contributed by atoms with E-state index in [1.54, 1.807) is 0 Å². The summed E-state index contributed by atoms with van der Waals surface area (Å²) in [6.07, 6.45) is 2.03. The molecule has 0 aliphatic carbocycles. The van der Waals surface area contributed by atoms with Gasteiger partial charge in [-0.3, -0.25) is 0 Å². The van der Waals surface area contributed by atoms with Gasteiger partial charge in [0, 0.05) is 0 Å². The quantitative estimate of drug-likeness (QED) is 0.131. The molecule has 0 radical (unpaired) electrons. The van der Waals surface area contributed by atoms with E-state index in [9.17, 15) is 5.11 Å². The summed E-state index contributed by atoms with van der Waals surface area (Å²) in [7, 11) is -4.24. The topological polar surface area (TPSA) is 51.2 Å². The van der Waals surface area contributed by atoms with Gasteiger partial charge in [0.05, 0.1) is 12.7 Å². The molecule has 0 saturated carbocycles. The van der Waals surface area contributed by atoms with Gasteiger partial charge >= 0.3 is 0 Å². The van der Waals surface area contributed by atoms with Crippen LogP contribution in [0.2, 0.25) is 33.2 Å². The first-order valence-corrected chi connectivity index (χ1v) is 18.6. The van der Waals surface area contributed by atoms with E-state index in [-0.39, 0.29) is 12.2 Å². The van der Waals surface area contributed by atoms with E-state index in [0.717, 1.165) is 12.0 Å². The van der Waals surface area contributed by atoms with Gasteiger partial charge in [0.2, 0.25) is 8.32 Å². The molecule has 0 aromatic carbocycles. The first kappa shape index (κ1) is 33.0. The minimum Gasteiger partial charge on any atom is -0.413 e. The number of ether oxygens (including phenoxy) is 1. The van der Waals surface area contributed by atoms with Crippen LogP contribution in [0.25, 0.3) is 0 Å². The van der Waals surface area contributed by atoms with Crippen LogP contribution in [0.5, 0.6) is 0 Å². The Labute approximate surface area is 220 Å². The second-order valence-corrected chi connectivity index (χ2v) is 24.0. The Bertz CT molecular complexity index is 643. The lowest BCUT2D eigenvalue weighted by Gasteiger charge is -2.46. The second-order valence-electron chi connectivity index (χ2n) is 13.1. The molecule has 0 spiro atoms. The zero-order chi connectivity index (χ0) is 27.5. The summed E-state index contributed by atoms with van der Waals surface area (Å²) in [6, 6.07) is 0. The number of epoxide rings is 1. The van der Waals surface area contributed by atoms with Crippen LogP contribution in [0.4, 0.5) is 0 Å². The molecule has 0 bridgehead atoms. The Hall–Kier alpha value is 0.0138. The van der Waals surface area contributed by atoms with E-state index in [4.69, 9.17) is 13.6 Å². The van der Waals surface area contributed by atoms with E-state index in [1.807, 2.05) is 13.8 Å². The minimum atomic E-state index is -2.17. The normalized spacial score (nSPS) is 23.9. The van der Waals surface area contributed by atoms with Crippen molar-refractivity contribution in [3.63, 3.8) is 0 Å². The van der Waals surface area contributed by atoms with Crippen LogP contribution < -0.4 is 0 Å². The van der Waals surface area contributed by atoms with Crippen molar-refractivity contribution >= 4 is 16.6 Å². The second kappa shape index (κ2) is 12.7. The molecule has 4 nitrogen and oxygen atoms in total. The number of hydrogen-bond acceptors (Lipinski definition) is 4. The lowest BCUT2D eigenvalue weighted by atomic mass is 9.92. The van der Waals surface area contributed by atoms with Crippen molar-refractivity contribution in [1.29, 1.82) is 0 Å². The molecule has 1 aliphatic rings. The van der Waals surface area contributed by atoms with Crippen LogP contribution in [0.15, 0.2) is 11.6 Å². The molecule has 1 rings (SSSR count). The molecule has 0 aromatic heterocycles. The van der Waals surface area contributed by atoms with Crippen molar-refractivity contribution in [2.45, 2.75) is 167 Å². The maximum absolute atomic E-state index is 11.2. The highest BCUT2D eigenvalue weighted by atomic mass is 28.4. The third kappa shape index (κ3) is 6.54. The molecular formula is C29H60O4Si2. The van der Waals surface area contributed by atoms with Crippen LogP contribution >= 0.6 is 0 Å². The average Bonchev–Trinajstić information content (AvgIpc) is 3.41. The van der Waals surface area contributed by atoms with Crippen molar-refractivity contribution in [2.24, 2.45) is 0 Å². The lowest BCUT2D eigenvalue weighted by Crippen LogP contribution is -2.55. The van der Waals surface area contributed by atoms with E-state index in [2.05, 4.69) is 96.1 Å². The predicted molar refractivity (Wildman–Crippen MR) is 156 cm³/mol. The summed E-state index contributed by atoms with van der Waals surface area (Å²) in [4.78, 5) is 0. The zero-order valence-corrected chi connectivity index (χ0v) is 27.9. The van der Waals surface area contributed by atoms with Gasteiger partial charge in [-0.05, 0) is 59.1 Å². The van der Waals surface area contributed by atoms with Crippen LogP contribution in [0.3, 0.4) is 0 Å². The van der Waals surface area contributed by atoms with Gasteiger partial charge in [0.1, 0.15) is 17.8 Å². The van der Waals surface area contributed by atoms with Crippen molar-refractivity contribution in [3.8, 4) is 0 Å². The molecule has 1 heterocycles. The summed E-state index contributed by atoms with van der Waals surface area (Å²) in [5, 5.41) is 11.2. The van der Waals surface area contributed by atoms with Crippen molar-refractivity contribution in [3.05, 3.63) is 11.6 Å². The van der Waals surface area contributed by atoms with E-state index in [0.29, 0.717) is 39.9 Å². The van der Waals surface area contributed by atoms with Crippen molar-refractivity contribution in [1.82, 2.24) is 0 Å². The predicted octanol–water partition coefficient (Wildman–Crippen LogP) is 8.61. The minimum absolute atomic E-state index is 0.168. The van der Waals surface area contributed by atoms with Crippen LogP contribution in [0.1, 0.15) is 110 Å². The Kier molecular flexibility index (Phi) is 12.0. The van der Waals surface area contributed by atoms with Gasteiger partial charge in [-0.15, -0.1) is 0 Å². The summed E-state index contributed by atoms with van der Waals surface area (Å²) in [6.45, 7) is 34.7. The van der Waals surface area contributed by atoms with E-state index < -0.39 is 28.3 Å². The summed E-state index contributed by atoms with van der Waals surface area (Å²) >= 11 is 0. The monoisotopic (exact) mass is 528 g/mol. The first-order chi connectivity index (χ1) is 16.0.